The highest BCUT2D eigenvalue weighted by Crippen LogP contribution is 2.50. The van der Waals surface area contributed by atoms with Gasteiger partial charge in [0.05, 0.1) is 37.8 Å². The molecule has 4 aromatic carbocycles. The van der Waals surface area contributed by atoms with Crippen LogP contribution in [-0.2, 0) is 39.7 Å². The summed E-state index contributed by atoms with van der Waals surface area (Å²) in [5.74, 6) is -0.588. The topological polar surface area (TPSA) is 51.9 Å². The molecule has 2 aromatic heterocycles. The summed E-state index contributed by atoms with van der Waals surface area (Å²) in [5, 5.41) is 0.723. The lowest BCUT2D eigenvalue weighted by molar-refractivity contribution is -0.144. The Morgan fingerprint density at radius 3 is 1.19 bits per heavy atom. The normalized spacial score (nSPS) is 16.5. The van der Waals surface area contributed by atoms with Gasteiger partial charge in [0.15, 0.2) is 5.78 Å². The lowest BCUT2D eigenvalue weighted by Crippen LogP contribution is -2.49. The molecule has 15 heteroatoms. The fourth-order valence-corrected chi connectivity index (χ4v) is 9.71. The molecule has 2 fully saturated rings. The van der Waals surface area contributed by atoms with Gasteiger partial charge in [-0.15, -0.1) is 0 Å². The van der Waals surface area contributed by atoms with Crippen molar-refractivity contribution in [3.05, 3.63) is 164 Å². The van der Waals surface area contributed by atoms with E-state index in [4.69, 9.17) is 32.7 Å². The number of ketones is 1. The summed E-state index contributed by atoms with van der Waals surface area (Å²) in [6.07, 6.45) is -9.77. The van der Waals surface area contributed by atoms with Crippen molar-refractivity contribution in [1.82, 2.24) is 18.9 Å². The van der Waals surface area contributed by atoms with Gasteiger partial charge in [-0.2, -0.15) is 26.3 Å². The lowest BCUT2D eigenvalue weighted by atomic mass is 9.88. The van der Waals surface area contributed by atoms with Gasteiger partial charge in [0.2, 0.25) is 0 Å². The van der Waals surface area contributed by atoms with Crippen LogP contribution in [0.25, 0.3) is 22.3 Å². The summed E-state index contributed by atoms with van der Waals surface area (Å²) >= 11 is 12.7. The van der Waals surface area contributed by atoms with Crippen molar-refractivity contribution in [3.63, 3.8) is 0 Å². The van der Waals surface area contributed by atoms with Crippen molar-refractivity contribution >= 4 is 29.0 Å². The second-order valence-electron chi connectivity index (χ2n) is 16.1. The van der Waals surface area contributed by atoms with Crippen LogP contribution >= 0.6 is 23.2 Å². The summed E-state index contributed by atoms with van der Waals surface area (Å²) in [6, 6.07) is 27.4. The Hall–Kier alpha value is -4.89. The summed E-state index contributed by atoms with van der Waals surface area (Å²) in [6.45, 7) is 3.61. The number of Topliss-reactive ketones (excluding diaryl/α,β-unsaturated/α-hetero) is 1. The molecule has 6 aromatic rings. The van der Waals surface area contributed by atoms with Crippen molar-refractivity contribution in [3.8, 4) is 22.3 Å². The first-order chi connectivity index (χ1) is 30.6. The minimum absolute atomic E-state index is 0.0723. The smallest absolute Gasteiger partial charge is 0.379 e. The molecular formula is C49H46Cl2F6N4O3. The van der Waals surface area contributed by atoms with E-state index < -0.39 is 41.6 Å². The van der Waals surface area contributed by atoms with E-state index in [0.717, 1.165) is 0 Å². The van der Waals surface area contributed by atoms with Gasteiger partial charge in [-0.25, -0.2) is 0 Å². The second kappa shape index (κ2) is 18.9. The van der Waals surface area contributed by atoms with Crippen LogP contribution in [0.4, 0.5) is 26.3 Å². The largest absolute Gasteiger partial charge is 0.431 e. The maximum Gasteiger partial charge on any atom is 0.431 e. The van der Waals surface area contributed by atoms with Crippen LogP contribution in [0, 0.1) is 13.8 Å². The Morgan fingerprint density at radius 1 is 0.547 bits per heavy atom. The predicted molar refractivity (Wildman–Crippen MR) is 236 cm³/mol. The van der Waals surface area contributed by atoms with Crippen LogP contribution in [-0.4, -0.2) is 77.3 Å². The maximum atomic E-state index is 16.7. The van der Waals surface area contributed by atoms with Gasteiger partial charge in [0, 0.05) is 60.4 Å². The fraction of sp³-hybridized carbons (Fsp3) is 0.327. The molecule has 2 atom stereocenters. The van der Waals surface area contributed by atoms with Crippen LogP contribution in [0.1, 0.15) is 57.1 Å². The standard InChI is InChI=1S/C49H46Cl2F6N4O3/c1-31-39(35-13-17-37(50)18-14-35)41(60(46(31)48(52,53)54)29-33-9-5-3-6-10-33)43(58-21-25-63-26-22-58)45(62)44(59-23-27-64-28-24-59)42-40(36-15-19-38(51)20-16-36)32(2)47(49(55,56)57)61(42)30-34-11-7-4-8-12-34/h3-20,43-44H,21-30H2,1-2H3. The van der Waals surface area contributed by atoms with Crippen molar-refractivity contribution in [2.75, 3.05) is 52.6 Å². The number of aromatic nitrogens is 2. The number of hydrogen-bond acceptors (Lipinski definition) is 5. The molecule has 2 aliphatic rings. The van der Waals surface area contributed by atoms with Gasteiger partial charge in [0.1, 0.15) is 23.5 Å². The van der Waals surface area contributed by atoms with Crippen molar-refractivity contribution in [2.45, 2.75) is 51.4 Å². The Balaban J connectivity index is 1.48. The first-order valence-corrected chi connectivity index (χ1v) is 21.8. The first kappa shape index (κ1) is 45.7. The molecule has 336 valence electrons. The molecule has 0 saturated carbocycles. The molecule has 0 amide bonds. The molecule has 2 saturated heterocycles. The van der Waals surface area contributed by atoms with Gasteiger partial charge < -0.3 is 18.6 Å². The number of ether oxygens (including phenoxy) is 2. The first-order valence-electron chi connectivity index (χ1n) is 21.0. The zero-order valence-corrected chi connectivity index (χ0v) is 36.7. The van der Waals surface area contributed by atoms with E-state index in [1.807, 2.05) is 9.80 Å². The number of alkyl halides is 6. The number of morpholine rings is 2. The Labute approximate surface area is 377 Å². The Bertz CT molecular complexity index is 2390. The molecule has 4 heterocycles. The highest BCUT2D eigenvalue weighted by molar-refractivity contribution is 6.31. The van der Waals surface area contributed by atoms with Gasteiger partial charge in [0.25, 0.3) is 0 Å². The third kappa shape index (κ3) is 9.29. The molecule has 2 unspecified atom stereocenters. The lowest BCUT2D eigenvalue weighted by Gasteiger charge is -2.41. The highest BCUT2D eigenvalue weighted by atomic mass is 35.5. The quantitative estimate of drug-likeness (QED) is 0.114. The van der Waals surface area contributed by atoms with E-state index in [1.54, 1.807) is 109 Å². The second-order valence-corrected chi connectivity index (χ2v) is 17.0. The van der Waals surface area contributed by atoms with Gasteiger partial charge in [-0.1, -0.05) is 108 Å². The molecule has 2 aliphatic heterocycles. The fourth-order valence-electron chi connectivity index (χ4n) is 9.46. The van der Waals surface area contributed by atoms with Crippen LogP contribution in [0.5, 0.6) is 0 Å². The van der Waals surface area contributed by atoms with Crippen molar-refractivity contribution in [2.24, 2.45) is 0 Å². The predicted octanol–water partition coefficient (Wildman–Crippen LogP) is 11.7. The van der Waals surface area contributed by atoms with Gasteiger partial charge in [-0.3, -0.25) is 14.6 Å². The molecule has 0 radical (unpaired) electrons. The van der Waals surface area contributed by atoms with Crippen LogP contribution < -0.4 is 0 Å². The molecule has 8 rings (SSSR count). The summed E-state index contributed by atoms with van der Waals surface area (Å²) in [7, 11) is 0. The van der Waals surface area contributed by atoms with Crippen LogP contribution in [0.15, 0.2) is 109 Å². The Morgan fingerprint density at radius 2 is 0.875 bits per heavy atom. The van der Waals surface area contributed by atoms with Crippen LogP contribution in [0.2, 0.25) is 10.0 Å². The van der Waals surface area contributed by atoms with Gasteiger partial charge in [-0.05, 0) is 71.5 Å². The maximum absolute atomic E-state index is 16.7. The molecule has 0 bridgehead atoms. The van der Waals surface area contributed by atoms with E-state index in [0.29, 0.717) is 32.3 Å². The van der Waals surface area contributed by atoms with E-state index in [1.165, 1.54) is 23.0 Å². The number of rotatable bonds is 12. The minimum atomic E-state index is -4.88. The average Bonchev–Trinajstić information content (AvgIpc) is 3.72. The summed E-state index contributed by atoms with van der Waals surface area (Å²) in [4.78, 5) is 20.3. The van der Waals surface area contributed by atoms with Crippen molar-refractivity contribution < 1.29 is 40.6 Å². The van der Waals surface area contributed by atoms with E-state index in [9.17, 15) is 0 Å². The highest BCUT2D eigenvalue weighted by Gasteiger charge is 2.49. The number of carbonyl (C=O) groups excluding carboxylic acids is 1. The molecule has 0 N–H and O–H groups in total. The van der Waals surface area contributed by atoms with E-state index in [2.05, 4.69) is 0 Å². The van der Waals surface area contributed by atoms with Crippen molar-refractivity contribution in [1.29, 1.82) is 0 Å². The number of benzene rings is 4. The number of hydrogen-bond donors (Lipinski definition) is 0. The number of halogens is 8. The molecule has 0 aliphatic carbocycles. The Kier molecular flexibility index (Phi) is 13.5. The SMILES string of the molecule is Cc1c(-c2ccc(Cl)cc2)c(C(C(=O)C(c2c(-c3ccc(Cl)cc3)c(C)c(C(F)(F)F)n2Cc2ccccc2)N2CCOCC2)N2CCOCC2)n(Cc2ccccc2)c1C(F)(F)F. The third-order valence-corrected chi connectivity index (χ3v) is 12.6. The average molecular weight is 924 g/mol. The number of nitrogens with zero attached hydrogens (tertiary/aromatic N) is 4. The zero-order valence-electron chi connectivity index (χ0n) is 35.2. The number of carbonyl (C=O) groups is 1. The van der Waals surface area contributed by atoms with E-state index in [-0.39, 0.29) is 99.3 Å². The molecule has 7 nitrogen and oxygen atoms in total. The van der Waals surface area contributed by atoms with Crippen LogP contribution in [0.3, 0.4) is 0 Å². The molecule has 64 heavy (non-hydrogen) atoms. The minimum Gasteiger partial charge on any atom is -0.379 e. The molecular weight excluding hydrogens is 877 g/mol. The third-order valence-electron chi connectivity index (χ3n) is 12.1. The molecule has 0 spiro atoms. The zero-order chi connectivity index (χ0) is 45.3. The summed E-state index contributed by atoms with van der Waals surface area (Å²) < 4.78 is 109. The van der Waals surface area contributed by atoms with Gasteiger partial charge >= 0.3 is 12.4 Å². The van der Waals surface area contributed by atoms with E-state index >= 15 is 31.1 Å². The monoisotopic (exact) mass is 922 g/mol. The summed E-state index contributed by atoms with van der Waals surface area (Å²) in [5.41, 5.74) is 0.356.